The minimum Gasteiger partial charge on any atom is -0.479 e. The topological polar surface area (TPSA) is 108 Å². The summed E-state index contributed by atoms with van der Waals surface area (Å²) in [5.41, 5.74) is 0. The standard InChI is InChI=1S/C11H13N3O4S/c15-8-5-12-6(4-13-8)10(16)14-9(11(17)18)7-2-1-3-19-7/h1-3,6,9,12H,4-5H2,(H,13,15)(H,14,16)(H,17,18). The van der Waals surface area contributed by atoms with Crippen molar-refractivity contribution in [2.45, 2.75) is 12.1 Å². The first-order valence-electron chi connectivity index (χ1n) is 5.64. The van der Waals surface area contributed by atoms with Crippen LogP contribution in [0, 0.1) is 0 Å². The monoisotopic (exact) mass is 283 g/mol. The number of aliphatic carboxylic acids is 1. The Kier molecular flexibility index (Phi) is 4.13. The van der Waals surface area contributed by atoms with E-state index in [1.165, 1.54) is 11.3 Å². The van der Waals surface area contributed by atoms with Crippen LogP contribution in [0.2, 0.25) is 0 Å². The lowest BCUT2D eigenvalue weighted by Crippen LogP contribution is -2.58. The summed E-state index contributed by atoms with van der Waals surface area (Å²) in [6, 6.07) is 1.70. The van der Waals surface area contributed by atoms with Gasteiger partial charge in [-0.3, -0.25) is 14.9 Å². The molecule has 102 valence electrons. The van der Waals surface area contributed by atoms with Crippen LogP contribution in [0.4, 0.5) is 0 Å². The summed E-state index contributed by atoms with van der Waals surface area (Å²) in [5, 5.41) is 18.6. The first-order valence-corrected chi connectivity index (χ1v) is 6.52. The first-order chi connectivity index (χ1) is 9.08. The SMILES string of the molecule is O=C1CNC(C(=O)NC(C(=O)O)c2cccs2)CN1. The van der Waals surface area contributed by atoms with Crippen molar-refractivity contribution < 1.29 is 19.5 Å². The van der Waals surface area contributed by atoms with Gasteiger partial charge in [0, 0.05) is 11.4 Å². The molecule has 7 nitrogen and oxygen atoms in total. The summed E-state index contributed by atoms with van der Waals surface area (Å²) in [7, 11) is 0. The summed E-state index contributed by atoms with van der Waals surface area (Å²) in [4.78, 5) is 34.6. The molecule has 2 heterocycles. The van der Waals surface area contributed by atoms with Crippen molar-refractivity contribution in [1.29, 1.82) is 0 Å². The van der Waals surface area contributed by atoms with Crippen LogP contribution in [0.15, 0.2) is 17.5 Å². The highest BCUT2D eigenvalue weighted by Gasteiger charge is 2.29. The van der Waals surface area contributed by atoms with Crippen LogP contribution < -0.4 is 16.0 Å². The highest BCUT2D eigenvalue weighted by molar-refractivity contribution is 7.10. The van der Waals surface area contributed by atoms with E-state index in [-0.39, 0.29) is 19.0 Å². The highest BCUT2D eigenvalue weighted by atomic mass is 32.1. The fraction of sp³-hybridized carbons (Fsp3) is 0.364. The van der Waals surface area contributed by atoms with Crippen molar-refractivity contribution in [2.75, 3.05) is 13.1 Å². The molecule has 1 fully saturated rings. The van der Waals surface area contributed by atoms with Gasteiger partial charge >= 0.3 is 5.97 Å². The van der Waals surface area contributed by atoms with Crippen LogP contribution >= 0.6 is 11.3 Å². The Morgan fingerprint density at radius 2 is 2.32 bits per heavy atom. The minimum absolute atomic E-state index is 0.0504. The van der Waals surface area contributed by atoms with Gasteiger partial charge in [0.05, 0.1) is 6.54 Å². The number of carboxylic acids is 1. The number of amides is 2. The molecule has 1 aromatic rings. The number of piperazine rings is 1. The molecule has 1 aliphatic heterocycles. The quantitative estimate of drug-likeness (QED) is 0.571. The normalized spacial score (nSPS) is 20.4. The molecule has 1 aliphatic rings. The minimum atomic E-state index is -1.12. The Balaban J connectivity index is 2.00. The van der Waals surface area contributed by atoms with E-state index in [2.05, 4.69) is 16.0 Å². The van der Waals surface area contributed by atoms with Crippen LogP contribution in [0.3, 0.4) is 0 Å². The Labute approximate surface area is 113 Å². The molecule has 2 rings (SSSR count). The number of rotatable bonds is 4. The van der Waals surface area contributed by atoms with E-state index in [9.17, 15) is 14.4 Å². The molecule has 19 heavy (non-hydrogen) atoms. The van der Waals surface area contributed by atoms with Gasteiger partial charge in [0.15, 0.2) is 6.04 Å². The smallest absolute Gasteiger partial charge is 0.331 e. The third-order valence-corrected chi connectivity index (χ3v) is 3.63. The van der Waals surface area contributed by atoms with Gasteiger partial charge in [-0.15, -0.1) is 11.3 Å². The summed E-state index contributed by atoms with van der Waals surface area (Å²) in [5.74, 6) is -1.74. The predicted molar refractivity (Wildman–Crippen MR) is 67.6 cm³/mol. The lowest BCUT2D eigenvalue weighted by atomic mass is 10.2. The zero-order valence-corrected chi connectivity index (χ0v) is 10.7. The van der Waals surface area contributed by atoms with Gasteiger partial charge in [-0.2, -0.15) is 0 Å². The van der Waals surface area contributed by atoms with Crippen molar-refractivity contribution in [1.82, 2.24) is 16.0 Å². The Morgan fingerprint density at radius 1 is 1.53 bits per heavy atom. The van der Waals surface area contributed by atoms with Gasteiger partial charge in [-0.1, -0.05) is 6.07 Å². The molecule has 2 unspecified atom stereocenters. The number of thiophene rings is 1. The van der Waals surface area contributed by atoms with Gasteiger partial charge in [0.1, 0.15) is 6.04 Å². The van der Waals surface area contributed by atoms with Gasteiger partial charge < -0.3 is 15.7 Å². The summed E-state index contributed by atoms with van der Waals surface area (Å²) >= 11 is 1.26. The molecule has 1 saturated heterocycles. The van der Waals surface area contributed by atoms with E-state index in [1.54, 1.807) is 17.5 Å². The molecular weight excluding hydrogens is 270 g/mol. The van der Waals surface area contributed by atoms with E-state index in [0.717, 1.165) is 0 Å². The van der Waals surface area contributed by atoms with E-state index in [4.69, 9.17) is 5.11 Å². The molecule has 0 spiro atoms. The van der Waals surface area contributed by atoms with Crippen molar-refractivity contribution in [2.24, 2.45) is 0 Å². The second-order valence-corrected chi connectivity index (χ2v) is 5.01. The number of nitrogens with one attached hydrogen (secondary N) is 3. The molecular formula is C11H13N3O4S. The summed E-state index contributed by atoms with van der Waals surface area (Å²) in [6.07, 6.45) is 0. The lowest BCUT2D eigenvalue weighted by Gasteiger charge is -2.24. The van der Waals surface area contributed by atoms with Crippen LogP contribution in [0.1, 0.15) is 10.9 Å². The molecule has 2 amide bonds. The fourth-order valence-electron chi connectivity index (χ4n) is 1.70. The predicted octanol–water partition coefficient (Wildman–Crippen LogP) is -0.922. The van der Waals surface area contributed by atoms with E-state index in [0.29, 0.717) is 4.88 Å². The summed E-state index contributed by atoms with van der Waals surface area (Å²) in [6.45, 7) is 0.205. The average Bonchev–Trinajstić information content (AvgIpc) is 2.89. The van der Waals surface area contributed by atoms with Crippen LogP contribution in [-0.4, -0.2) is 42.0 Å². The van der Waals surface area contributed by atoms with Gasteiger partial charge in [0.2, 0.25) is 11.8 Å². The second-order valence-electron chi connectivity index (χ2n) is 4.03. The fourth-order valence-corrected chi connectivity index (χ4v) is 2.47. The van der Waals surface area contributed by atoms with E-state index >= 15 is 0 Å². The number of hydrogen-bond acceptors (Lipinski definition) is 5. The van der Waals surface area contributed by atoms with Gasteiger partial charge in [0.25, 0.3) is 0 Å². The van der Waals surface area contributed by atoms with E-state index in [1.807, 2.05) is 0 Å². The molecule has 4 N–H and O–H groups in total. The molecule has 0 radical (unpaired) electrons. The maximum absolute atomic E-state index is 11.9. The Hall–Kier alpha value is -1.93. The molecule has 1 aromatic heterocycles. The van der Waals surface area contributed by atoms with E-state index < -0.39 is 24.0 Å². The third-order valence-electron chi connectivity index (χ3n) is 2.69. The average molecular weight is 283 g/mol. The molecule has 8 heteroatoms. The molecule has 0 aromatic carbocycles. The molecule has 0 saturated carbocycles. The third kappa shape index (κ3) is 3.30. The Morgan fingerprint density at radius 3 is 2.84 bits per heavy atom. The summed E-state index contributed by atoms with van der Waals surface area (Å²) < 4.78 is 0. The zero-order chi connectivity index (χ0) is 13.8. The molecule has 0 aliphatic carbocycles. The van der Waals surface area contributed by atoms with Crippen molar-refractivity contribution in [3.8, 4) is 0 Å². The first kappa shape index (κ1) is 13.5. The zero-order valence-electron chi connectivity index (χ0n) is 9.88. The largest absolute Gasteiger partial charge is 0.479 e. The maximum atomic E-state index is 11.9. The number of carboxylic acid groups (broad SMARTS) is 1. The van der Waals surface area contributed by atoms with Crippen LogP contribution in [-0.2, 0) is 14.4 Å². The van der Waals surface area contributed by atoms with Gasteiger partial charge in [-0.05, 0) is 11.4 Å². The molecule has 0 bridgehead atoms. The van der Waals surface area contributed by atoms with Gasteiger partial charge in [-0.25, -0.2) is 4.79 Å². The van der Waals surface area contributed by atoms with Crippen molar-refractivity contribution >= 4 is 29.1 Å². The second kappa shape index (κ2) is 5.81. The van der Waals surface area contributed by atoms with Crippen molar-refractivity contribution in [3.63, 3.8) is 0 Å². The highest BCUT2D eigenvalue weighted by Crippen LogP contribution is 2.19. The number of carbonyl (C=O) groups is 3. The van der Waals surface area contributed by atoms with Crippen molar-refractivity contribution in [3.05, 3.63) is 22.4 Å². The number of carbonyl (C=O) groups excluding carboxylic acids is 2. The molecule has 2 atom stereocenters. The maximum Gasteiger partial charge on any atom is 0.331 e. The van der Waals surface area contributed by atoms with Crippen LogP contribution in [0.5, 0.6) is 0 Å². The lowest BCUT2D eigenvalue weighted by molar-refractivity contribution is -0.142. The van der Waals surface area contributed by atoms with Crippen LogP contribution in [0.25, 0.3) is 0 Å². The Bertz CT molecular complexity index is 478. The number of hydrogen-bond donors (Lipinski definition) is 4.